The maximum absolute atomic E-state index is 11.8. The minimum atomic E-state index is -2.00. The van der Waals surface area contributed by atoms with Crippen molar-refractivity contribution >= 4 is 17.7 Å². The molecule has 0 aliphatic heterocycles. The molecule has 1 aromatic heterocycles. The van der Waals surface area contributed by atoms with Crippen LogP contribution in [-0.2, 0) is 11.2 Å². The van der Waals surface area contributed by atoms with Gasteiger partial charge in [0.15, 0.2) is 5.60 Å². The molecule has 1 aliphatic rings. The summed E-state index contributed by atoms with van der Waals surface area (Å²) >= 11 is 1.84. The van der Waals surface area contributed by atoms with Crippen molar-refractivity contribution < 1.29 is 15.0 Å². The summed E-state index contributed by atoms with van der Waals surface area (Å²) in [6.45, 7) is 6.36. The predicted molar refractivity (Wildman–Crippen MR) is 110 cm³/mol. The predicted octanol–water partition coefficient (Wildman–Crippen LogP) is 3.87. The summed E-state index contributed by atoms with van der Waals surface area (Å²) in [5.41, 5.74) is 4.69. The second kappa shape index (κ2) is 9.89. The number of pyridine rings is 1. The van der Waals surface area contributed by atoms with E-state index in [1.54, 1.807) is 6.20 Å². The van der Waals surface area contributed by atoms with Crippen molar-refractivity contribution in [3.63, 3.8) is 0 Å². The fraction of sp³-hybridized carbons (Fsp3) is 0.714. The van der Waals surface area contributed by atoms with Crippen LogP contribution < -0.4 is 5.73 Å². The number of aliphatic hydroxyl groups is 1. The first-order valence-electron chi connectivity index (χ1n) is 10.1. The monoisotopic (exact) mass is 394 g/mol. The summed E-state index contributed by atoms with van der Waals surface area (Å²) in [6.07, 6.45) is 7.94. The van der Waals surface area contributed by atoms with E-state index in [1.807, 2.05) is 37.7 Å². The number of nitrogens with zero attached hydrogens (tertiary/aromatic N) is 1. The van der Waals surface area contributed by atoms with Crippen LogP contribution in [-0.4, -0.2) is 38.1 Å². The first-order valence-corrected chi connectivity index (χ1v) is 11.0. The molecule has 0 radical (unpaired) electrons. The van der Waals surface area contributed by atoms with Gasteiger partial charge in [0, 0.05) is 34.5 Å². The highest BCUT2D eigenvalue weighted by Crippen LogP contribution is 2.36. The molecule has 1 aliphatic carbocycles. The van der Waals surface area contributed by atoms with Crippen LogP contribution in [0.1, 0.15) is 65.0 Å². The van der Waals surface area contributed by atoms with Crippen molar-refractivity contribution in [3.8, 4) is 0 Å². The maximum Gasteiger partial charge on any atom is 0.337 e. The molecule has 1 fully saturated rings. The molecular formula is C21H34N2O3S. The van der Waals surface area contributed by atoms with E-state index in [9.17, 15) is 15.0 Å². The zero-order valence-corrected chi connectivity index (χ0v) is 17.5. The van der Waals surface area contributed by atoms with Crippen molar-refractivity contribution in [2.45, 2.75) is 87.5 Å². The molecule has 0 saturated heterocycles. The third-order valence-electron chi connectivity index (χ3n) is 5.84. The van der Waals surface area contributed by atoms with Crippen molar-refractivity contribution in [1.29, 1.82) is 0 Å². The minimum Gasteiger partial charge on any atom is -0.479 e. The zero-order valence-electron chi connectivity index (χ0n) is 16.7. The highest BCUT2D eigenvalue weighted by atomic mass is 32.2. The van der Waals surface area contributed by atoms with Crippen LogP contribution in [0, 0.1) is 11.8 Å². The fourth-order valence-electron chi connectivity index (χ4n) is 3.60. The van der Waals surface area contributed by atoms with Crippen LogP contribution in [0.4, 0.5) is 0 Å². The van der Waals surface area contributed by atoms with Gasteiger partial charge in [0.2, 0.25) is 0 Å². The lowest BCUT2D eigenvalue weighted by atomic mass is 9.83. The molecule has 2 rings (SSSR count). The average Bonchev–Trinajstić information content (AvgIpc) is 2.63. The molecule has 6 heteroatoms. The van der Waals surface area contributed by atoms with E-state index in [0.29, 0.717) is 17.4 Å². The Morgan fingerprint density at radius 1 is 1.41 bits per heavy atom. The van der Waals surface area contributed by atoms with Gasteiger partial charge in [0.1, 0.15) is 0 Å². The summed E-state index contributed by atoms with van der Waals surface area (Å²) in [6, 6.07) is 3.04. The SMILES string of the molecule is CCC(C)C[C@H](N)[C@](O)(Cc1cc(SC2CCC(C)CC2)ccn1)C(=O)O. The Balaban J connectivity index is 2.08. The number of hydrogen-bond acceptors (Lipinski definition) is 5. The molecule has 1 aromatic rings. The van der Waals surface area contributed by atoms with Crippen LogP contribution in [0.3, 0.4) is 0 Å². The van der Waals surface area contributed by atoms with Crippen LogP contribution in [0.15, 0.2) is 23.2 Å². The standard InChI is InChI=1S/C21H34N2O3S/c1-4-14(2)11-19(22)21(26,20(24)25)13-16-12-18(9-10-23-16)27-17-7-5-15(3)6-8-17/h9-10,12,14-15,17,19,26H,4-8,11,13,22H2,1-3H3,(H,24,25)/t14?,15?,17?,19-,21+/m0/s1. The Hall–Kier alpha value is -1.11. The van der Waals surface area contributed by atoms with Gasteiger partial charge in [0.05, 0.1) is 0 Å². The van der Waals surface area contributed by atoms with Crippen molar-refractivity contribution in [2.24, 2.45) is 17.6 Å². The number of aliphatic carboxylic acids is 1. The highest BCUT2D eigenvalue weighted by molar-refractivity contribution is 8.00. The molecule has 1 unspecified atom stereocenters. The second-order valence-electron chi connectivity index (χ2n) is 8.24. The quantitative estimate of drug-likeness (QED) is 0.588. The summed E-state index contributed by atoms with van der Waals surface area (Å²) in [4.78, 5) is 17.2. The average molecular weight is 395 g/mol. The Morgan fingerprint density at radius 3 is 2.67 bits per heavy atom. The second-order valence-corrected chi connectivity index (χ2v) is 9.62. The molecular weight excluding hydrogens is 360 g/mol. The Kier molecular flexibility index (Phi) is 8.13. The molecule has 5 nitrogen and oxygen atoms in total. The first-order chi connectivity index (χ1) is 12.7. The number of carboxylic acid groups (broad SMARTS) is 1. The van der Waals surface area contributed by atoms with E-state index in [-0.39, 0.29) is 12.3 Å². The van der Waals surface area contributed by atoms with Crippen LogP contribution in [0.2, 0.25) is 0 Å². The summed E-state index contributed by atoms with van der Waals surface area (Å²) in [5.74, 6) is -0.207. The molecule has 0 aromatic carbocycles. The lowest BCUT2D eigenvalue weighted by Gasteiger charge is -2.31. The Bertz CT molecular complexity index is 619. The normalized spacial score (nSPS) is 24.8. The molecule has 1 saturated carbocycles. The molecule has 1 heterocycles. The lowest BCUT2D eigenvalue weighted by Crippen LogP contribution is -2.56. The van der Waals surface area contributed by atoms with Gasteiger partial charge in [-0.2, -0.15) is 0 Å². The molecule has 152 valence electrons. The van der Waals surface area contributed by atoms with Gasteiger partial charge in [-0.25, -0.2) is 4.79 Å². The van der Waals surface area contributed by atoms with E-state index in [0.717, 1.165) is 17.2 Å². The smallest absolute Gasteiger partial charge is 0.337 e. The summed E-state index contributed by atoms with van der Waals surface area (Å²) < 4.78 is 0. The number of hydrogen-bond donors (Lipinski definition) is 3. The van der Waals surface area contributed by atoms with Crippen LogP contribution in [0.5, 0.6) is 0 Å². The van der Waals surface area contributed by atoms with E-state index in [1.165, 1.54) is 25.7 Å². The van der Waals surface area contributed by atoms with Crippen LogP contribution >= 0.6 is 11.8 Å². The van der Waals surface area contributed by atoms with Crippen molar-refractivity contribution in [2.75, 3.05) is 0 Å². The number of aromatic nitrogens is 1. The molecule has 0 bridgehead atoms. The summed E-state index contributed by atoms with van der Waals surface area (Å²) in [7, 11) is 0. The topological polar surface area (TPSA) is 96.4 Å². The first kappa shape index (κ1) is 22.2. The number of carboxylic acids is 1. The Labute approximate surface area is 167 Å². The highest BCUT2D eigenvalue weighted by Gasteiger charge is 2.43. The van der Waals surface area contributed by atoms with E-state index in [2.05, 4.69) is 11.9 Å². The van der Waals surface area contributed by atoms with E-state index in [4.69, 9.17) is 5.73 Å². The third-order valence-corrected chi connectivity index (χ3v) is 7.17. The number of carbonyl (C=O) groups is 1. The van der Waals surface area contributed by atoms with E-state index >= 15 is 0 Å². The van der Waals surface area contributed by atoms with Gasteiger partial charge < -0.3 is 15.9 Å². The lowest BCUT2D eigenvalue weighted by molar-refractivity contribution is -0.161. The molecule has 0 spiro atoms. The van der Waals surface area contributed by atoms with Gasteiger partial charge in [-0.1, -0.05) is 27.2 Å². The van der Waals surface area contributed by atoms with Gasteiger partial charge >= 0.3 is 5.97 Å². The number of thioether (sulfide) groups is 1. The zero-order chi connectivity index (χ0) is 20.0. The number of nitrogens with two attached hydrogens (primary N) is 1. The van der Waals surface area contributed by atoms with Gasteiger partial charge in [0.25, 0.3) is 0 Å². The number of rotatable bonds is 9. The fourth-order valence-corrected chi connectivity index (χ4v) is 4.84. The Morgan fingerprint density at radius 2 is 2.07 bits per heavy atom. The van der Waals surface area contributed by atoms with Crippen molar-refractivity contribution in [3.05, 3.63) is 24.0 Å². The summed E-state index contributed by atoms with van der Waals surface area (Å²) in [5, 5.41) is 21.1. The largest absolute Gasteiger partial charge is 0.479 e. The third kappa shape index (κ3) is 6.19. The molecule has 0 amide bonds. The van der Waals surface area contributed by atoms with Crippen molar-refractivity contribution in [1.82, 2.24) is 4.98 Å². The minimum absolute atomic E-state index is 0.0734. The van der Waals surface area contributed by atoms with Gasteiger partial charge in [-0.05, 0) is 56.1 Å². The maximum atomic E-state index is 11.8. The van der Waals surface area contributed by atoms with Crippen LogP contribution in [0.25, 0.3) is 0 Å². The van der Waals surface area contributed by atoms with Gasteiger partial charge in [-0.15, -0.1) is 11.8 Å². The van der Waals surface area contributed by atoms with Gasteiger partial charge in [-0.3, -0.25) is 4.98 Å². The molecule has 4 N–H and O–H groups in total. The molecule has 3 atom stereocenters. The molecule has 27 heavy (non-hydrogen) atoms. The van der Waals surface area contributed by atoms with E-state index < -0.39 is 17.6 Å².